The molecule has 7 heteroatoms. The summed E-state index contributed by atoms with van der Waals surface area (Å²) in [5, 5.41) is 6.61. The summed E-state index contributed by atoms with van der Waals surface area (Å²) in [5.41, 5.74) is 3.04. The lowest BCUT2D eigenvalue weighted by atomic mass is 10.1. The molecular formula is C25H28N4O3. The maximum atomic E-state index is 11.9. The molecule has 4 rings (SSSR count). The smallest absolute Gasteiger partial charge is 0.250 e. The molecule has 2 N–H and O–H groups in total. The number of hydrogen-bond donors (Lipinski definition) is 2. The molecule has 1 aromatic heterocycles. The summed E-state index contributed by atoms with van der Waals surface area (Å²) in [6.45, 7) is 5.19. The molecule has 2 heterocycles. The number of rotatable bonds is 6. The van der Waals surface area contributed by atoms with Crippen molar-refractivity contribution in [3.05, 3.63) is 88.3 Å². The summed E-state index contributed by atoms with van der Waals surface area (Å²) in [5.74, 6) is 2.21. The van der Waals surface area contributed by atoms with E-state index < -0.39 is 0 Å². The third-order valence-corrected chi connectivity index (χ3v) is 5.05. The zero-order valence-corrected chi connectivity index (χ0v) is 18.2. The molecule has 1 aliphatic heterocycles. The van der Waals surface area contributed by atoms with Gasteiger partial charge in [-0.2, -0.15) is 0 Å². The van der Waals surface area contributed by atoms with Crippen molar-refractivity contribution in [1.29, 1.82) is 0 Å². The quantitative estimate of drug-likeness (QED) is 0.459. The fourth-order valence-electron chi connectivity index (χ4n) is 3.39. The summed E-state index contributed by atoms with van der Waals surface area (Å²) in [7, 11) is 0. The van der Waals surface area contributed by atoms with Gasteiger partial charge in [-0.05, 0) is 36.2 Å². The summed E-state index contributed by atoms with van der Waals surface area (Å²) in [6.07, 6.45) is 2.68. The second-order valence-corrected chi connectivity index (χ2v) is 7.52. The van der Waals surface area contributed by atoms with Crippen LogP contribution in [0.15, 0.2) is 76.6 Å². The first-order valence-electron chi connectivity index (χ1n) is 10.9. The standard InChI is InChI=1S/C25H28N4O3/c1-2-26-25(28-21-11-12-22-23(16-21)32-15-5-14-31-22)27-17-19-7-9-20(10-8-19)18-29-13-4-3-6-24(29)30/h3-4,6-13,16H,2,5,14-15,17-18H2,1H3,(H2,26,27,28). The van der Waals surface area contributed by atoms with Crippen LogP contribution in [0, 0.1) is 0 Å². The average Bonchev–Trinajstić information content (AvgIpc) is 3.05. The highest BCUT2D eigenvalue weighted by atomic mass is 16.5. The third kappa shape index (κ3) is 5.69. The molecule has 0 saturated carbocycles. The van der Waals surface area contributed by atoms with Gasteiger partial charge in [0.1, 0.15) is 0 Å². The molecule has 32 heavy (non-hydrogen) atoms. The van der Waals surface area contributed by atoms with Crippen molar-refractivity contribution >= 4 is 11.6 Å². The Morgan fingerprint density at radius 2 is 1.78 bits per heavy atom. The van der Waals surface area contributed by atoms with Crippen LogP contribution in [0.2, 0.25) is 0 Å². The van der Waals surface area contributed by atoms with Crippen molar-refractivity contribution in [1.82, 2.24) is 9.88 Å². The van der Waals surface area contributed by atoms with Gasteiger partial charge in [0.25, 0.3) is 5.56 Å². The van der Waals surface area contributed by atoms with E-state index in [1.54, 1.807) is 22.9 Å². The molecule has 0 radical (unpaired) electrons. The van der Waals surface area contributed by atoms with Gasteiger partial charge in [-0.3, -0.25) is 4.79 Å². The molecule has 0 bridgehead atoms. The van der Waals surface area contributed by atoms with E-state index in [1.165, 1.54) is 0 Å². The van der Waals surface area contributed by atoms with Crippen LogP contribution in [-0.2, 0) is 13.1 Å². The normalized spacial score (nSPS) is 13.3. The first-order chi connectivity index (χ1) is 15.7. The minimum absolute atomic E-state index is 0.00250. The van der Waals surface area contributed by atoms with Gasteiger partial charge in [0, 0.05) is 37.0 Å². The number of nitrogens with zero attached hydrogens (tertiary/aromatic N) is 2. The summed E-state index contributed by atoms with van der Waals surface area (Å²) in [4.78, 5) is 16.6. The molecule has 7 nitrogen and oxygen atoms in total. The molecule has 0 spiro atoms. The fraction of sp³-hybridized carbons (Fsp3) is 0.280. The van der Waals surface area contributed by atoms with Crippen LogP contribution in [0.3, 0.4) is 0 Å². The van der Waals surface area contributed by atoms with E-state index in [0.29, 0.717) is 32.3 Å². The molecule has 0 amide bonds. The Morgan fingerprint density at radius 1 is 1.00 bits per heavy atom. The number of fused-ring (bicyclic) bond motifs is 1. The first kappa shape index (κ1) is 21.5. The Hall–Kier alpha value is -3.74. The lowest BCUT2D eigenvalue weighted by Gasteiger charge is -2.14. The van der Waals surface area contributed by atoms with E-state index in [-0.39, 0.29) is 5.56 Å². The molecular weight excluding hydrogens is 404 g/mol. The predicted octanol–water partition coefficient (Wildman–Crippen LogP) is 3.64. The van der Waals surface area contributed by atoms with Crippen LogP contribution < -0.4 is 25.7 Å². The van der Waals surface area contributed by atoms with Crippen LogP contribution in [0.4, 0.5) is 5.69 Å². The first-order valence-corrected chi connectivity index (χ1v) is 10.9. The Labute approximate surface area is 187 Å². The van der Waals surface area contributed by atoms with E-state index in [9.17, 15) is 4.79 Å². The number of guanidine groups is 1. The van der Waals surface area contributed by atoms with E-state index >= 15 is 0 Å². The van der Waals surface area contributed by atoms with E-state index in [2.05, 4.69) is 10.6 Å². The van der Waals surface area contributed by atoms with Crippen molar-refractivity contribution in [3.8, 4) is 11.5 Å². The highest BCUT2D eigenvalue weighted by molar-refractivity contribution is 5.93. The van der Waals surface area contributed by atoms with Gasteiger partial charge >= 0.3 is 0 Å². The van der Waals surface area contributed by atoms with Crippen LogP contribution >= 0.6 is 0 Å². The summed E-state index contributed by atoms with van der Waals surface area (Å²) in [6, 6.07) is 19.2. The van der Waals surface area contributed by atoms with E-state index in [1.807, 2.05) is 55.5 Å². The van der Waals surface area contributed by atoms with Gasteiger partial charge in [-0.1, -0.05) is 30.3 Å². The maximum absolute atomic E-state index is 11.9. The van der Waals surface area contributed by atoms with Crippen molar-refractivity contribution in [2.45, 2.75) is 26.4 Å². The maximum Gasteiger partial charge on any atom is 0.250 e. The lowest BCUT2D eigenvalue weighted by molar-refractivity contribution is 0.297. The highest BCUT2D eigenvalue weighted by Gasteiger charge is 2.11. The number of hydrogen-bond acceptors (Lipinski definition) is 4. The fourth-order valence-corrected chi connectivity index (χ4v) is 3.39. The number of anilines is 1. The molecule has 0 atom stereocenters. The number of benzene rings is 2. The number of aromatic nitrogens is 1. The summed E-state index contributed by atoms with van der Waals surface area (Å²) >= 11 is 0. The monoisotopic (exact) mass is 432 g/mol. The van der Waals surface area contributed by atoms with Crippen LogP contribution in [0.1, 0.15) is 24.5 Å². The van der Waals surface area contributed by atoms with Crippen LogP contribution in [-0.4, -0.2) is 30.3 Å². The highest BCUT2D eigenvalue weighted by Crippen LogP contribution is 2.32. The third-order valence-electron chi connectivity index (χ3n) is 5.05. The van der Waals surface area contributed by atoms with Crippen molar-refractivity contribution in [2.75, 3.05) is 25.1 Å². The minimum atomic E-state index is -0.00250. The van der Waals surface area contributed by atoms with Crippen LogP contribution in [0.25, 0.3) is 0 Å². The van der Waals surface area contributed by atoms with E-state index in [4.69, 9.17) is 14.5 Å². The number of aliphatic imine (C=N–C) groups is 1. The van der Waals surface area contributed by atoms with Crippen molar-refractivity contribution < 1.29 is 9.47 Å². The van der Waals surface area contributed by atoms with Gasteiger partial charge in [0.05, 0.1) is 26.3 Å². The molecule has 166 valence electrons. The van der Waals surface area contributed by atoms with E-state index in [0.717, 1.165) is 41.3 Å². The Morgan fingerprint density at radius 3 is 2.56 bits per heavy atom. The molecule has 0 aliphatic carbocycles. The average molecular weight is 433 g/mol. The van der Waals surface area contributed by atoms with Gasteiger partial charge in [-0.25, -0.2) is 4.99 Å². The molecule has 0 fully saturated rings. The zero-order valence-electron chi connectivity index (χ0n) is 18.2. The number of ether oxygens (including phenoxy) is 2. The second-order valence-electron chi connectivity index (χ2n) is 7.52. The number of pyridine rings is 1. The van der Waals surface area contributed by atoms with Crippen molar-refractivity contribution in [3.63, 3.8) is 0 Å². The van der Waals surface area contributed by atoms with Gasteiger partial charge < -0.3 is 24.7 Å². The minimum Gasteiger partial charge on any atom is -0.490 e. The van der Waals surface area contributed by atoms with Gasteiger partial charge in [0.2, 0.25) is 0 Å². The summed E-state index contributed by atoms with van der Waals surface area (Å²) < 4.78 is 13.2. The predicted molar refractivity (Wildman–Crippen MR) is 127 cm³/mol. The molecule has 0 unspecified atom stereocenters. The SMILES string of the molecule is CCNC(=NCc1ccc(Cn2ccccc2=O)cc1)Nc1ccc2c(c1)OCCCO2. The number of nitrogens with one attached hydrogen (secondary N) is 2. The van der Waals surface area contributed by atoms with Gasteiger partial charge in [-0.15, -0.1) is 0 Å². The lowest BCUT2D eigenvalue weighted by Crippen LogP contribution is -2.30. The largest absolute Gasteiger partial charge is 0.490 e. The zero-order chi connectivity index (χ0) is 22.2. The Kier molecular flexibility index (Phi) is 7.07. The Balaban J connectivity index is 1.41. The molecule has 3 aromatic rings. The van der Waals surface area contributed by atoms with Crippen molar-refractivity contribution in [2.24, 2.45) is 4.99 Å². The molecule has 1 aliphatic rings. The van der Waals surface area contributed by atoms with Gasteiger partial charge in [0.15, 0.2) is 17.5 Å². The molecule has 2 aromatic carbocycles. The Bertz CT molecular complexity index is 1120. The second kappa shape index (κ2) is 10.5. The van der Waals surface area contributed by atoms with Crippen LogP contribution in [0.5, 0.6) is 11.5 Å². The topological polar surface area (TPSA) is 76.9 Å². The molecule has 0 saturated heterocycles.